The largest absolute Gasteiger partial charge is 0.478 e. The summed E-state index contributed by atoms with van der Waals surface area (Å²) in [7, 11) is 0. The van der Waals surface area contributed by atoms with Crippen LogP contribution >= 0.6 is 0 Å². The first kappa shape index (κ1) is 13.1. The molecule has 1 aromatic rings. The summed E-state index contributed by atoms with van der Waals surface area (Å²) in [5.41, 5.74) is 1.88. The monoisotopic (exact) mass is 231 g/mol. The van der Waals surface area contributed by atoms with Crippen molar-refractivity contribution in [1.29, 1.82) is 0 Å². The van der Waals surface area contributed by atoms with E-state index in [-0.39, 0.29) is 6.04 Å². The Morgan fingerprint density at radius 1 is 1.59 bits per heavy atom. The third-order valence-electron chi connectivity index (χ3n) is 2.71. The van der Waals surface area contributed by atoms with E-state index in [0.717, 1.165) is 12.0 Å². The van der Waals surface area contributed by atoms with Crippen LogP contribution in [0.25, 0.3) is 0 Å². The number of carbonyl (C=O) groups is 1. The van der Waals surface area contributed by atoms with Gasteiger partial charge < -0.3 is 10.4 Å². The van der Waals surface area contributed by atoms with Gasteiger partial charge in [0.05, 0.1) is 11.3 Å². The smallest absolute Gasteiger partial charge is 0.337 e. The number of hydrogen-bond donors (Lipinski definition) is 2. The first-order chi connectivity index (χ1) is 8.10. The molecule has 0 spiro atoms. The van der Waals surface area contributed by atoms with Crippen molar-refractivity contribution < 1.29 is 9.90 Å². The van der Waals surface area contributed by atoms with Gasteiger partial charge in [-0.25, -0.2) is 4.79 Å². The Morgan fingerprint density at radius 3 is 2.82 bits per heavy atom. The number of terminal acetylenes is 1. The Labute approximate surface area is 102 Å². The molecule has 0 aliphatic rings. The molecule has 0 saturated heterocycles. The molecule has 0 saturated carbocycles. The van der Waals surface area contributed by atoms with Crippen molar-refractivity contribution in [2.24, 2.45) is 0 Å². The molecular formula is C14H17NO2. The fourth-order valence-corrected chi connectivity index (χ4v) is 1.68. The van der Waals surface area contributed by atoms with Crippen LogP contribution in [0.2, 0.25) is 0 Å². The maximum absolute atomic E-state index is 11.1. The van der Waals surface area contributed by atoms with E-state index in [1.165, 1.54) is 0 Å². The summed E-state index contributed by atoms with van der Waals surface area (Å²) in [5, 5.41) is 12.3. The number of para-hydroxylation sites is 1. The molecule has 0 fully saturated rings. The van der Waals surface area contributed by atoms with Crippen molar-refractivity contribution in [2.45, 2.75) is 32.7 Å². The van der Waals surface area contributed by atoms with Gasteiger partial charge in [0.2, 0.25) is 0 Å². The van der Waals surface area contributed by atoms with Crippen molar-refractivity contribution >= 4 is 11.7 Å². The Morgan fingerprint density at radius 2 is 2.29 bits per heavy atom. The molecule has 0 bridgehead atoms. The lowest BCUT2D eigenvalue weighted by Gasteiger charge is -2.19. The SMILES string of the molecule is C#CCC(CC)Nc1c(C)cccc1C(=O)O. The molecule has 0 aliphatic heterocycles. The highest BCUT2D eigenvalue weighted by Crippen LogP contribution is 2.22. The number of carboxylic acid groups (broad SMARTS) is 1. The second-order valence-corrected chi connectivity index (χ2v) is 3.96. The summed E-state index contributed by atoms with van der Waals surface area (Å²) in [6.45, 7) is 3.91. The minimum Gasteiger partial charge on any atom is -0.478 e. The standard InChI is InChI=1S/C14H17NO2/c1-4-7-11(5-2)15-13-10(3)8-6-9-12(13)14(16)17/h1,6,8-9,11,15H,5,7H2,2-3H3,(H,16,17). The average molecular weight is 231 g/mol. The van der Waals surface area contributed by atoms with E-state index in [9.17, 15) is 4.79 Å². The van der Waals surface area contributed by atoms with E-state index in [1.807, 2.05) is 19.9 Å². The number of aromatic carboxylic acids is 1. The van der Waals surface area contributed by atoms with Gasteiger partial charge in [-0.3, -0.25) is 0 Å². The number of aryl methyl sites for hydroxylation is 1. The highest BCUT2D eigenvalue weighted by molar-refractivity contribution is 5.95. The van der Waals surface area contributed by atoms with E-state index in [0.29, 0.717) is 17.7 Å². The highest BCUT2D eigenvalue weighted by Gasteiger charge is 2.14. The first-order valence-electron chi connectivity index (χ1n) is 5.63. The van der Waals surface area contributed by atoms with E-state index < -0.39 is 5.97 Å². The van der Waals surface area contributed by atoms with Crippen LogP contribution in [0, 0.1) is 19.3 Å². The normalized spacial score (nSPS) is 11.6. The van der Waals surface area contributed by atoms with E-state index in [1.54, 1.807) is 12.1 Å². The number of anilines is 1. The van der Waals surface area contributed by atoms with Crippen LogP contribution in [-0.2, 0) is 0 Å². The van der Waals surface area contributed by atoms with Crippen molar-refractivity contribution in [3.05, 3.63) is 29.3 Å². The molecule has 0 aromatic heterocycles. The van der Waals surface area contributed by atoms with Crippen molar-refractivity contribution in [3.63, 3.8) is 0 Å². The summed E-state index contributed by atoms with van der Waals surface area (Å²) in [5.74, 6) is 1.67. The van der Waals surface area contributed by atoms with Gasteiger partial charge in [-0.15, -0.1) is 12.3 Å². The molecule has 1 rings (SSSR count). The summed E-state index contributed by atoms with van der Waals surface area (Å²) in [6, 6.07) is 5.34. The van der Waals surface area contributed by atoms with Gasteiger partial charge in [-0.1, -0.05) is 19.1 Å². The molecule has 1 unspecified atom stereocenters. The number of rotatable bonds is 5. The average Bonchev–Trinajstić information content (AvgIpc) is 2.30. The molecule has 0 radical (unpaired) electrons. The first-order valence-corrected chi connectivity index (χ1v) is 5.63. The van der Waals surface area contributed by atoms with Crippen LogP contribution in [-0.4, -0.2) is 17.1 Å². The Hall–Kier alpha value is -1.95. The Kier molecular flexibility index (Phi) is 4.59. The molecule has 0 heterocycles. The number of carboxylic acids is 1. The predicted octanol–water partition coefficient (Wildman–Crippen LogP) is 2.91. The van der Waals surface area contributed by atoms with Crippen LogP contribution in [0.4, 0.5) is 5.69 Å². The zero-order chi connectivity index (χ0) is 12.8. The van der Waals surface area contributed by atoms with Crippen molar-refractivity contribution in [2.75, 3.05) is 5.32 Å². The lowest BCUT2D eigenvalue weighted by Crippen LogP contribution is -2.20. The minimum absolute atomic E-state index is 0.110. The minimum atomic E-state index is -0.924. The van der Waals surface area contributed by atoms with Crippen molar-refractivity contribution in [1.82, 2.24) is 0 Å². The van der Waals surface area contributed by atoms with Crippen LogP contribution in [0.15, 0.2) is 18.2 Å². The zero-order valence-corrected chi connectivity index (χ0v) is 10.2. The molecule has 3 heteroatoms. The van der Waals surface area contributed by atoms with Gasteiger partial charge in [0.1, 0.15) is 0 Å². The third-order valence-corrected chi connectivity index (χ3v) is 2.71. The van der Waals surface area contributed by atoms with Crippen LogP contribution < -0.4 is 5.32 Å². The second kappa shape index (κ2) is 5.95. The topological polar surface area (TPSA) is 49.3 Å². The molecule has 1 atom stereocenters. The summed E-state index contributed by atoms with van der Waals surface area (Å²) >= 11 is 0. The number of benzene rings is 1. The highest BCUT2D eigenvalue weighted by atomic mass is 16.4. The molecule has 1 aromatic carbocycles. The van der Waals surface area contributed by atoms with Crippen LogP contribution in [0.3, 0.4) is 0 Å². The van der Waals surface area contributed by atoms with E-state index in [2.05, 4.69) is 11.2 Å². The lowest BCUT2D eigenvalue weighted by atomic mass is 10.1. The van der Waals surface area contributed by atoms with Gasteiger partial charge in [0.25, 0.3) is 0 Å². The molecular weight excluding hydrogens is 214 g/mol. The van der Waals surface area contributed by atoms with E-state index in [4.69, 9.17) is 11.5 Å². The summed E-state index contributed by atoms with van der Waals surface area (Å²) < 4.78 is 0. The number of nitrogens with one attached hydrogen (secondary N) is 1. The fourth-order valence-electron chi connectivity index (χ4n) is 1.68. The molecule has 17 heavy (non-hydrogen) atoms. The van der Waals surface area contributed by atoms with Crippen molar-refractivity contribution in [3.8, 4) is 12.3 Å². The van der Waals surface area contributed by atoms with Gasteiger partial charge >= 0.3 is 5.97 Å². The van der Waals surface area contributed by atoms with Crippen LogP contribution in [0.5, 0.6) is 0 Å². The summed E-state index contributed by atoms with van der Waals surface area (Å²) in [6.07, 6.45) is 6.73. The maximum Gasteiger partial charge on any atom is 0.337 e. The van der Waals surface area contributed by atoms with Crippen LogP contribution in [0.1, 0.15) is 35.7 Å². The number of hydrogen-bond acceptors (Lipinski definition) is 2. The predicted molar refractivity (Wildman–Crippen MR) is 69.3 cm³/mol. The molecule has 2 N–H and O–H groups in total. The molecule has 90 valence electrons. The van der Waals surface area contributed by atoms with Gasteiger partial charge in [-0.2, -0.15) is 0 Å². The van der Waals surface area contributed by atoms with Gasteiger partial charge in [0.15, 0.2) is 0 Å². The molecule has 0 amide bonds. The van der Waals surface area contributed by atoms with Gasteiger partial charge in [0, 0.05) is 12.5 Å². The zero-order valence-electron chi connectivity index (χ0n) is 10.2. The second-order valence-electron chi connectivity index (χ2n) is 3.96. The Bertz CT molecular complexity index is 446. The molecule has 3 nitrogen and oxygen atoms in total. The summed E-state index contributed by atoms with van der Waals surface area (Å²) in [4.78, 5) is 11.1. The maximum atomic E-state index is 11.1. The molecule has 0 aliphatic carbocycles. The Balaban J connectivity index is 3.04. The third kappa shape index (κ3) is 3.25. The quantitative estimate of drug-likeness (QED) is 0.766. The van der Waals surface area contributed by atoms with E-state index >= 15 is 0 Å². The lowest BCUT2D eigenvalue weighted by molar-refractivity contribution is 0.0698. The fraction of sp³-hybridized carbons (Fsp3) is 0.357. The van der Waals surface area contributed by atoms with Gasteiger partial charge in [-0.05, 0) is 25.0 Å².